The van der Waals surface area contributed by atoms with Crippen molar-refractivity contribution in [3.8, 4) is 0 Å². The average molecular weight is 390 g/mol. The monoisotopic (exact) mass is 390 g/mol. The van der Waals surface area contributed by atoms with Gasteiger partial charge in [-0.15, -0.1) is 11.0 Å². The molecular weight excluding hydrogens is 375 g/mol. The smallest absolute Gasteiger partial charge is 0.284 e. The number of hydrogen-bond donors (Lipinski definition) is 0. The molecule has 1 saturated heterocycles. The van der Waals surface area contributed by atoms with Gasteiger partial charge in [0.2, 0.25) is 5.91 Å². The maximum absolute atomic E-state index is 13.0. The van der Waals surface area contributed by atoms with Crippen LogP contribution < -0.4 is 0 Å². The van der Waals surface area contributed by atoms with Crippen LogP contribution in [-0.4, -0.2) is 30.9 Å². The quantitative estimate of drug-likeness (QED) is 0.734. The van der Waals surface area contributed by atoms with Gasteiger partial charge in [0.05, 0.1) is 4.90 Å². The van der Waals surface area contributed by atoms with Gasteiger partial charge in [0, 0.05) is 6.54 Å². The minimum absolute atomic E-state index is 0.0769. The fourth-order valence-corrected chi connectivity index (χ4v) is 4.80. The summed E-state index contributed by atoms with van der Waals surface area (Å²) in [6, 6.07) is 13.5. The summed E-state index contributed by atoms with van der Waals surface area (Å²) in [4.78, 5) is 13.9. The van der Waals surface area contributed by atoms with Gasteiger partial charge < -0.3 is 0 Å². The molecule has 26 heavy (non-hydrogen) atoms. The van der Waals surface area contributed by atoms with Crippen LogP contribution in [0.25, 0.3) is 0 Å². The van der Waals surface area contributed by atoms with E-state index in [-0.39, 0.29) is 22.5 Å². The molecule has 1 aliphatic heterocycles. The van der Waals surface area contributed by atoms with Crippen molar-refractivity contribution in [1.29, 1.82) is 0 Å². The van der Waals surface area contributed by atoms with Crippen molar-refractivity contribution in [1.82, 2.24) is 4.90 Å². The Hall–Kier alpha value is -2.45. The third kappa shape index (κ3) is 3.71. The second-order valence-electron chi connectivity index (χ2n) is 5.45. The zero-order valence-corrected chi connectivity index (χ0v) is 15.2. The summed E-state index contributed by atoms with van der Waals surface area (Å²) in [5.41, 5.74) is 0.765. The van der Waals surface area contributed by atoms with E-state index in [4.69, 9.17) is 0 Å². The molecular formula is C18H15FN2O3S2. The second kappa shape index (κ2) is 7.43. The molecule has 2 aromatic carbocycles. The van der Waals surface area contributed by atoms with Crippen molar-refractivity contribution in [2.75, 3.05) is 6.54 Å². The van der Waals surface area contributed by atoms with Crippen LogP contribution in [-0.2, 0) is 14.8 Å². The van der Waals surface area contributed by atoms with E-state index in [0.717, 1.165) is 41.6 Å². The van der Waals surface area contributed by atoms with Crippen LogP contribution in [0.3, 0.4) is 0 Å². The number of halogens is 1. The summed E-state index contributed by atoms with van der Waals surface area (Å²) in [5.74, 6) is -0.798. The number of amides is 1. The molecule has 134 valence electrons. The molecule has 1 heterocycles. The van der Waals surface area contributed by atoms with Crippen molar-refractivity contribution in [3.05, 3.63) is 78.6 Å². The summed E-state index contributed by atoms with van der Waals surface area (Å²) in [7, 11) is -4.07. The fraction of sp³-hybridized carbons (Fsp3) is 0.111. The van der Waals surface area contributed by atoms with E-state index in [0.29, 0.717) is 0 Å². The fourth-order valence-electron chi connectivity index (χ4n) is 2.42. The first kappa shape index (κ1) is 18.3. The highest BCUT2D eigenvalue weighted by molar-refractivity contribution is 8.15. The maximum Gasteiger partial charge on any atom is 0.284 e. The molecule has 1 aliphatic rings. The van der Waals surface area contributed by atoms with Gasteiger partial charge in [0.1, 0.15) is 11.1 Å². The zero-order chi connectivity index (χ0) is 18.7. The van der Waals surface area contributed by atoms with Gasteiger partial charge in [0.15, 0.2) is 5.17 Å². The van der Waals surface area contributed by atoms with Crippen molar-refractivity contribution in [3.63, 3.8) is 0 Å². The van der Waals surface area contributed by atoms with Crippen LogP contribution in [0.15, 0.2) is 76.5 Å². The van der Waals surface area contributed by atoms with Gasteiger partial charge in [-0.1, -0.05) is 48.2 Å². The molecule has 0 N–H and O–H groups in total. The Labute approximate surface area is 155 Å². The molecule has 0 aromatic heterocycles. The number of hydrogen-bond acceptors (Lipinski definition) is 4. The highest BCUT2D eigenvalue weighted by Gasteiger charge is 2.39. The lowest BCUT2D eigenvalue weighted by Gasteiger charge is -2.13. The van der Waals surface area contributed by atoms with Crippen molar-refractivity contribution < 1.29 is 17.6 Å². The lowest BCUT2D eigenvalue weighted by Crippen LogP contribution is -2.30. The van der Waals surface area contributed by atoms with Gasteiger partial charge in [-0.05, 0) is 29.8 Å². The Bertz CT molecular complexity index is 958. The topological polar surface area (TPSA) is 66.8 Å². The van der Waals surface area contributed by atoms with Crippen LogP contribution >= 0.6 is 11.8 Å². The number of carbonyl (C=O) groups excluding carboxylic acids is 1. The summed E-state index contributed by atoms with van der Waals surface area (Å²) in [6.07, 6.45) is 1.51. The number of rotatable bonds is 5. The third-order valence-corrected chi connectivity index (χ3v) is 6.30. The largest absolute Gasteiger partial charge is 0.285 e. The van der Waals surface area contributed by atoms with Gasteiger partial charge in [-0.3, -0.25) is 9.69 Å². The lowest BCUT2D eigenvalue weighted by atomic mass is 10.1. The molecule has 3 rings (SSSR count). The first-order chi connectivity index (χ1) is 12.4. The van der Waals surface area contributed by atoms with Gasteiger partial charge in [-0.2, -0.15) is 8.42 Å². The van der Waals surface area contributed by atoms with Crippen LogP contribution in [0.1, 0.15) is 10.8 Å². The standard InChI is InChI=1S/C18H15FN2O3S2/c1-2-12-21-17(22)16(13-6-4-3-5-7-13)25-18(21)20-26(23,24)15-10-8-14(19)9-11-15/h2-11,16H,1,12H2/t16-/m1/s1. The molecule has 0 spiro atoms. The minimum Gasteiger partial charge on any atom is -0.285 e. The molecule has 0 saturated carbocycles. The molecule has 1 fully saturated rings. The zero-order valence-electron chi connectivity index (χ0n) is 13.6. The number of benzene rings is 2. The Kier molecular flexibility index (Phi) is 5.24. The van der Waals surface area contributed by atoms with Gasteiger partial charge in [-0.25, -0.2) is 4.39 Å². The molecule has 0 unspecified atom stereocenters. The van der Waals surface area contributed by atoms with Gasteiger partial charge in [0.25, 0.3) is 10.0 Å². The SMILES string of the molecule is C=CCN1C(=O)[C@@H](c2ccccc2)SC1=NS(=O)(=O)c1ccc(F)cc1. The maximum atomic E-state index is 13.0. The molecule has 2 aromatic rings. The molecule has 0 bridgehead atoms. The Morgan fingerprint density at radius 2 is 1.81 bits per heavy atom. The molecule has 1 amide bonds. The van der Waals surface area contributed by atoms with E-state index in [1.807, 2.05) is 18.2 Å². The highest BCUT2D eigenvalue weighted by Crippen LogP contribution is 2.39. The van der Waals surface area contributed by atoms with Crippen LogP contribution in [0.5, 0.6) is 0 Å². The molecule has 5 nitrogen and oxygen atoms in total. The van der Waals surface area contributed by atoms with Crippen LogP contribution in [0, 0.1) is 5.82 Å². The van der Waals surface area contributed by atoms with Crippen LogP contribution in [0.4, 0.5) is 4.39 Å². The Morgan fingerprint density at radius 3 is 2.42 bits per heavy atom. The first-order valence-corrected chi connectivity index (χ1v) is 9.99. The minimum atomic E-state index is -4.07. The first-order valence-electron chi connectivity index (χ1n) is 7.67. The predicted molar refractivity (Wildman–Crippen MR) is 99.7 cm³/mol. The van der Waals surface area contributed by atoms with E-state index in [1.165, 1.54) is 11.0 Å². The lowest BCUT2D eigenvalue weighted by molar-refractivity contribution is -0.125. The summed E-state index contributed by atoms with van der Waals surface area (Å²) in [6.45, 7) is 3.75. The van der Waals surface area contributed by atoms with Crippen molar-refractivity contribution >= 4 is 32.9 Å². The Morgan fingerprint density at radius 1 is 1.15 bits per heavy atom. The van der Waals surface area contributed by atoms with Crippen LogP contribution in [0.2, 0.25) is 0 Å². The second-order valence-corrected chi connectivity index (χ2v) is 8.13. The summed E-state index contributed by atoms with van der Waals surface area (Å²) < 4.78 is 41.9. The number of amidine groups is 1. The number of nitrogens with zero attached hydrogens (tertiary/aromatic N) is 2. The van der Waals surface area contributed by atoms with E-state index < -0.39 is 21.1 Å². The third-order valence-electron chi connectivity index (χ3n) is 3.67. The summed E-state index contributed by atoms with van der Waals surface area (Å²) in [5, 5.41) is -0.494. The predicted octanol–water partition coefficient (Wildman–Crippen LogP) is 3.37. The highest BCUT2D eigenvalue weighted by atomic mass is 32.2. The van der Waals surface area contributed by atoms with E-state index in [2.05, 4.69) is 11.0 Å². The van der Waals surface area contributed by atoms with E-state index >= 15 is 0 Å². The van der Waals surface area contributed by atoms with E-state index in [1.54, 1.807) is 12.1 Å². The molecule has 0 radical (unpaired) electrons. The van der Waals surface area contributed by atoms with Gasteiger partial charge >= 0.3 is 0 Å². The molecule has 1 atom stereocenters. The van der Waals surface area contributed by atoms with Crippen molar-refractivity contribution in [2.24, 2.45) is 4.40 Å². The normalized spacial score (nSPS) is 19.1. The average Bonchev–Trinajstić information content (AvgIpc) is 2.92. The molecule has 0 aliphatic carbocycles. The van der Waals surface area contributed by atoms with E-state index in [9.17, 15) is 17.6 Å². The molecule has 8 heteroatoms. The Balaban J connectivity index is 1.98. The van der Waals surface area contributed by atoms with Crippen molar-refractivity contribution in [2.45, 2.75) is 10.1 Å². The number of thioether (sulfide) groups is 1. The summed E-state index contributed by atoms with van der Waals surface area (Å²) >= 11 is 1.07. The number of sulfonamides is 1. The number of carbonyl (C=O) groups is 1.